The van der Waals surface area contributed by atoms with Crippen LogP contribution in [0.2, 0.25) is 0 Å². The number of hydrogen-bond acceptors (Lipinski definition) is 5. The van der Waals surface area contributed by atoms with Crippen LogP contribution in [-0.4, -0.2) is 23.0 Å². The van der Waals surface area contributed by atoms with Gasteiger partial charge in [-0.2, -0.15) is 0 Å². The minimum absolute atomic E-state index is 0.0283. The molecule has 0 aromatic carbocycles. The molecule has 25 heavy (non-hydrogen) atoms. The van der Waals surface area contributed by atoms with Crippen LogP contribution in [0, 0.1) is 21.4 Å². The maximum Gasteiger partial charge on any atom is 0.305 e. The smallest absolute Gasteiger partial charge is 0.305 e. The van der Waals surface area contributed by atoms with Gasteiger partial charge in [-0.15, -0.1) is 0 Å². The number of hydrogen-bond donors (Lipinski definition) is 0. The molecule has 0 unspecified atom stereocenters. The third-order valence-electron chi connectivity index (χ3n) is 5.84. The van der Waals surface area contributed by atoms with E-state index in [1.807, 2.05) is 0 Å². The zero-order valence-electron chi connectivity index (χ0n) is 14.6. The zero-order chi connectivity index (χ0) is 17.9. The van der Waals surface area contributed by atoms with Crippen molar-refractivity contribution in [3.8, 4) is 0 Å². The Morgan fingerprint density at radius 1 is 1.36 bits per heavy atom. The molecule has 1 saturated carbocycles. The maximum atomic E-state index is 11.4. The highest BCUT2D eigenvalue weighted by molar-refractivity contribution is 5.69. The zero-order valence-corrected chi connectivity index (χ0v) is 14.6. The van der Waals surface area contributed by atoms with Crippen LogP contribution in [0.5, 0.6) is 0 Å². The van der Waals surface area contributed by atoms with Crippen LogP contribution in [0.15, 0.2) is 24.4 Å². The topological polar surface area (TPSA) is 82.3 Å². The molecule has 1 fully saturated rings. The van der Waals surface area contributed by atoms with Crippen LogP contribution < -0.4 is 0 Å². The first-order valence-electron chi connectivity index (χ1n) is 8.88. The maximum absolute atomic E-state index is 11.4. The number of methoxy groups -OCH3 is 1. The molecular weight excluding hydrogens is 320 g/mol. The molecule has 0 radical (unpaired) electrons. The summed E-state index contributed by atoms with van der Waals surface area (Å²) in [5.74, 6) is 0.357. The van der Waals surface area contributed by atoms with E-state index < -0.39 is 4.92 Å². The molecule has 1 aromatic heterocycles. The van der Waals surface area contributed by atoms with Crippen LogP contribution in [-0.2, 0) is 9.53 Å². The molecule has 1 heterocycles. The van der Waals surface area contributed by atoms with Crippen LogP contribution in [0.4, 0.5) is 5.69 Å². The van der Waals surface area contributed by atoms with E-state index in [1.54, 1.807) is 6.07 Å². The number of esters is 1. The first-order valence-corrected chi connectivity index (χ1v) is 8.88. The Morgan fingerprint density at radius 2 is 2.12 bits per heavy atom. The van der Waals surface area contributed by atoms with Crippen molar-refractivity contribution in [2.24, 2.45) is 11.3 Å². The normalized spacial score (nSPS) is 26.1. The van der Waals surface area contributed by atoms with Crippen molar-refractivity contribution in [2.45, 2.75) is 51.4 Å². The van der Waals surface area contributed by atoms with Gasteiger partial charge in [0.1, 0.15) is 6.20 Å². The molecule has 6 nitrogen and oxygen atoms in total. The predicted molar refractivity (Wildman–Crippen MR) is 93.7 cm³/mol. The van der Waals surface area contributed by atoms with Crippen LogP contribution >= 0.6 is 0 Å². The number of nitrogens with zero attached hydrogens (tertiary/aromatic N) is 2. The first-order chi connectivity index (χ1) is 12.0. The van der Waals surface area contributed by atoms with Crippen LogP contribution in [0.1, 0.15) is 57.1 Å². The van der Waals surface area contributed by atoms with E-state index in [9.17, 15) is 14.9 Å². The minimum Gasteiger partial charge on any atom is -0.469 e. The van der Waals surface area contributed by atoms with E-state index in [-0.39, 0.29) is 11.7 Å². The molecule has 0 saturated heterocycles. The fourth-order valence-corrected chi connectivity index (χ4v) is 4.13. The summed E-state index contributed by atoms with van der Waals surface area (Å²) in [6.07, 6.45) is 11.8. The number of aromatic nitrogens is 1. The summed E-state index contributed by atoms with van der Waals surface area (Å²) < 4.78 is 4.78. The first kappa shape index (κ1) is 17.6. The lowest BCUT2D eigenvalue weighted by molar-refractivity contribution is -0.385. The molecule has 3 rings (SSSR count). The fraction of sp³-hybridized carbons (Fsp3) is 0.579. The largest absolute Gasteiger partial charge is 0.469 e. The Morgan fingerprint density at radius 3 is 2.64 bits per heavy atom. The number of ether oxygens (including phenoxy) is 1. The third kappa shape index (κ3) is 4.06. The third-order valence-corrected chi connectivity index (χ3v) is 5.84. The highest BCUT2D eigenvalue weighted by atomic mass is 16.6. The Kier molecular flexibility index (Phi) is 5.16. The molecule has 0 aliphatic heterocycles. The Balaban J connectivity index is 1.59. The lowest BCUT2D eigenvalue weighted by Crippen LogP contribution is -2.30. The van der Waals surface area contributed by atoms with Gasteiger partial charge >= 0.3 is 5.97 Å². The lowest BCUT2D eigenvalue weighted by Gasteiger charge is -2.42. The molecular formula is C19H24N2O4. The van der Waals surface area contributed by atoms with E-state index >= 15 is 0 Å². The summed E-state index contributed by atoms with van der Waals surface area (Å²) in [6.45, 7) is 0. The average Bonchev–Trinajstić information content (AvgIpc) is 2.64. The number of pyridine rings is 1. The molecule has 6 heteroatoms. The van der Waals surface area contributed by atoms with Gasteiger partial charge in [0.15, 0.2) is 0 Å². The van der Waals surface area contributed by atoms with Gasteiger partial charge in [0.25, 0.3) is 5.69 Å². The SMILES string of the molecule is COC(=O)CC1CCC2(CC=C(c3ccc([N+](=O)[O-])cn3)CC2)CC1. The van der Waals surface area contributed by atoms with Gasteiger partial charge in [-0.1, -0.05) is 6.08 Å². The van der Waals surface area contributed by atoms with Gasteiger partial charge in [-0.05, 0) is 67.9 Å². The number of carbonyl (C=O) groups is 1. The van der Waals surface area contributed by atoms with Crippen molar-refractivity contribution in [1.82, 2.24) is 4.98 Å². The summed E-state index contributed by atoms with van der Waals surface area (Å²) in [4.78, 5) is 26.0. The molecule has 0 bridgehead atoms. The summed E-state index contributed by atoms with van der Waals surface area (Å²) in [6, 6.07) is 3.26. The van der Waals surface area contributed by atoms with Gasteiger partial charge in [0.2, 0.25) is 0 Å². The van der Waals surface area contributed by atoms with Crippen molar-refractivity contribution in [1.29, 1.82) is 0 Å². The molecule has 0 atom stereocenters. The van der Waals surface area contributed by atoms with Crippen molar-refractivity contribution < 1.29 is 14.5 Å². The molecule has 2 aliphatic rings. The van der Waals surface area contributed by atoms with Gasteiger partial charge < -0.3 is 4.74 Å². The Hall–Kier alpha value is -2.24. The van der Waals surface area contributed by atoms with Crippen LogP contribution in [0.25, 0.3) is 5.57 Å². The highest BCUT2D eigenvalue weighted by Crippen LogP contribution is 2.49. The summed E-state index contributed by atoms with van der Waals surface area (Å²) in [7, 11) is 1.45. The second kappa shape index (κ2) is 7.33. The van der Waals surface area contributed by atoms with E-state index in [0.717, 1.165) is 50.6 Å². The standard InChI is InChI=1S/C19H24N2O4/c1-25-18(22)12-14-4-8-19(9-5-14)10-6-15(7-11-19)17-3-2-16(13-20-17)21(23)24/h2-3,6,13-14H,4-5,7-12H2,1H3. The van der Waals surface area contributed by atoms with Crippen molar-refractivity contribution in [3.63, 3.8) is 0 Å². The van der Waals surface area contributed by atoms with E-state index in [0.29, 0.717) is 17.8 Å². The summed E-state index contributed by atoms with van der Waals surface area (Å²) in [5, 5.41) is 10.7. The monoisotopic (exact) mass is 344 g/mol. The number of carbonyl (C=O) groups excluding carboxylic acids is 1. The highest BCUT2D eigenvalue weighted by Gasteiger charge is 2.37. The molecule has 1 spiro atoms. The van der Waals surface area contributed by atoms with E-state index in [2.05, 4.69) is 11.1 Å². The van der Waals surface area contributed by atoms with Crippen LogP contribution in [0.3, 0.4) is 0 Å². The lowest BCUT2D eigenvalue weighted by atomic mass is 9.63. The fourth-order valence-electron chi connectivity index (χ4n) is 4.13. The van der Waals surface area contributed by atoms with Gasteiger partial charge in [-0.25, -0.2) is 4.98 Å². The molecule has 2 aliphatic carbocycles. The quantitative estimate of drug-likeness (QED) is 0.462. The average molecular weight is 344 g/mol. The van der Waals surface area contributed by atoms with Gasteiger partial charge in [-0.3, -0.25) is 14.9 Å². The Labute approximate surface area is 147 Å². The van der Waals surface area contributed by atoms with Gasteiger partial charge in [0, 0.05) is 12.5 Å². The predicted octanol–water partition coefficient (Wildman–Crippen LogP) is 4.30. The molecule has 0 N–H and O–H groups in total. The second-order valence-corrected chi connectivity index (χ2v) is 7.32. The molecule has 134 valence electrons. The van der Waals surface area contributed by atoms with E-state index in [1.165, 1.54) is 24.9 Å². The van der Waals surface area contributed by atoms with Crippen molar-refractivity contribution >= 4 is 17.2 Å². The molecule has 0 amide bonds. The van der Waals surface area contributed by atoms with Crippen molar-refractivity contribution in [2.75, 3.05) is 7.11 Å². The summed E-state index contributed by atoms with van der Waals surface area (Å²) in [5.41, 5.74) is 2.43. The minimum atomic E-state index is -0.423. The number of allylic oxidation sites excluding steroid dienone is 2. The number of nitro groups is 1. The summed E-state index contributed by atoms with van der Waals surface area (Å²) >= 11 is 0. The van der Waals surface area contributed by atoms with Gasteiger partial charge in [0.05, 0.1) is 17.7 Å². The molecule has 1 aromatic rings. The van der Waals surface area contributed by atoms with Crippen molar-refractivity contribution in [3.05, 3.63) is 40.2 Å². The second-order valence-electron chi connectivity index (χ2n) is 7.32. The number of rotatable bonds is 4. The van der Waals surface area contributed by atoms with E-state index in [4.69, 9.17) is 4.74 Å². The Bertz CT molecular complexity index is 673.